The summed E-state index contributed by atoms with van der Waals surface area (Å²) in [6.07, 6.45) is 14.0. The van der Waals surface area contributed by atoms with E-state index >= 15 is 0 Å². The van der Waals surface area contributed by atoms with Crippen molar-refractivity contribution in [1.82, 2.24) is 9.97 Å². The molecule has 0 aliphatic heterocycles. The summed E-state index contributed by atoms with van der Waals surface area (Å²) >= 11 is 0. The molecule has 0 aliphatic rings. The number of aromatic nitrogens is 2. The van der Waals surface area contributed by atoms with E-state index in [-0.39, 0.29) is 17.2 Å². The molecule has 1 unspecified atom stereocenters. The average molecular weight is 465 g/mol. The first-order chi connectivity index (χ1) is 16.5. The van der Waals surface area contributed by atoms with Crippen LogP contribution in [0.25, 0.3) is 28.2 Å². The van der Waals surface area contributed by atoms with Crippen molar-refractivity contribution < 1.29 is 13.5 Å². The normalized spacial score (nSPS) is 12.5. The third kappa shape index (κ3) is 7.04. The van der Waals surface area contributed by atoms with Gasteiger partial charge in [0.25, 0.3) is 0 Å². The molecule has 0 bridgehead atoms. The van der Waals surface area contributed by atoms with Crippen molar-refractivity contribution >= 4 is 17.1 Å². The molecule has 0 N–H and O–H groups in total. The lowest BCUT2D eigenvalue weighted by atomic mass is 10.0. The van der Waals surface area contributed by atoms with Crippen LogP contribution in [0.1, 0.15) is 63.6 Å². The van der Waals surface area contributed by atoms with Gasteiger partial charge in [0.05, 0.1) is 22.8 Å². The van der Waals surface area contributed by atoms with Crippen molar-refractivity contribution in [1.29, 1.82) is 0 Å². The Labute approximate surface area is 201 Å². The number of fused-ring (bicyclic) bond motifs is 1. The number of ether oxygens (including phenoxy) is 1. The summed E-state index contributed by atoms with van der Waals surface area (Å²) in [6.45, 7) is 8.78. The van der Waals surface area contributed by atoms with Crippen LogP contribution >= 0.6 is 0 Å². The molecule has 2 aromatic carbocycles. The molecule has 3 nitrogen and oxygen atoms in total. The minimum atomic E-state index is -0.855. The number of allylic oxidation sites excluding steroid dienone is 2. The first-order valence-electron chi connectivity index (χ1n) is 12.2. The maximum atomic E-state index is 14.9. The second-order valence-electron chi connectivity index (χ2n) is 8.61. The molecule has 0 aliphatic carbocycles. The monoisotopic (exact) mass is 464 g/mol. The first-order valence-corrected chi connectivity index (χ1v) is 12.2. The highest BCUT2D eigenvalue weighted by Crippen LogP contribution is 2.29. The molecular formula is C29H34F2N2O. The highest BCUT2D eigenvalue weighted by molar-refractivity contribution is 5.81. The summed E-state index contributed by atoms with van der Waals surface area (Å²) in [6, 6.07) is 8.49. The summed E-state index contributed by atoms with van der Waals surface area (Å²) in [7, 11) is 0. The Morgan fingerprint density at radius 1 is 1.06 bits per heavy atom. The Hall–Kier alpha value is -2.92. The zero-order valence-corrected chi connectivity index (χ0v) is 20.2. The first kappa shape index (κ1) is 25.7. The molecule has 5 heteroatoms. The van der Waals surface area contributed by atoms with Crippen molar-refractivity contribution in [3.63, 3.8) is 0 Å². The highest BCUT2D eigenvalue weighted by Gasteiger charge is 2.14. The van der Waals surface area contributed by atoms with E-state index < -0.39 is 11.6 Å². The Bertz CT molecular complexity index is 1130. The number of hydrogen-bond donors (Lipinski definition) is 0. The second kappa shape index (κ2) is 13.1. The zero-order chi connectivity index (χ0) is 24.3. The number of unbranched alkanes of at least 4 members (excludes halogenated alkanes) is 3. The number of benzene rings is 2. The van der Waals surface area contributed by atoms with Gasteiger partial charge in [-0.1, -0.05) is 56.2 Å². The molecule has 3 aromatic rings. The van der Waals surface area contributed by atoms with Crippen LogP contribution < -0.4 is 0 Å². The largest absolute Gasteiger partial charge is 0.379 e. The van der Waals surface area contributed by atoms with Gasteiger partial charge in [0.15, 0.2) is 11.6 Å². The number of nitrogens with zero attached hydrogens (tertiary/aromatic N) is 2. The van der Waals surface area contributed by atoms with E-state index in [1.807, 2.05) is 6.08 Å². The fourth-order valence-corrected chi connectivity index (χ4v) is 3.83. The Morgan fingerprint density at radius 3 is 2.71 bits per heavy atom. The van der Waals surface area contributed by atoms with Gasteiger partial charge in [0.1, 0.15) is 0 Å². The quantitative estimate of drug-likeness (QED) is 0.189. The van der Waals surface area contributed by atoms with Crippen LogP contribution in [0.4, 0.5) is 8.78 Å². The molecule has 0 saturated heterocycles. The van der Waals surface area contributed by atoms with Crippen LogP contribution in [0, 0.1) is 11.6 Å². The third-order valence-corrected chi connectivity index (χ3v) is 5.80. The minimum Gasteiger partial charge on any atom is -0.379 e. The van der Waals surface area contributed by atoms with Crippen LogP contribution in [0.3, 0.4) is 0 Å². The van der Waals surface area contributed by atoms with Gasteiger partial charge in [-0.25, -0.2) is 13.8 Å². The lowest BCUT2D eigenvalue weighted by Crippen LogP contribution is -2.08. The predicted molar refractivity (Wildman–Crippen MR) is 137 cm³/mol. The second-order valence-corrected chi connectivity index (χ2v) is 8.61. The van der Waals surface area contributed by atoms with Crippen LogP contribution in [0.2, 0.25) is 0 Å². The smallest absolute Gasteiger partial charge is 0.167 e. The summed E-state index contributed by atoms with van der Waals surface area (Å²) in [4.78, 5) is 8.92. The van der Waals surface area contributed by atoms with Crippen molar-refractivity contribution in [2.45, 2.75) is 64.9 Å². The molecule has 1 atom stereocenters. The van der Waals surface area contributed by atoms with Gasteiger partial charge < -0.3 is 4.74 Å². The van der Waals surface area contributed by atoms with E-state index in [4.69, 9.17) is 4.74 Å². The van der Waals surface area contributed by atoms with Gasteiger partial charge in [0.2, 0.25) is 0 Å². The predicted octanol–water partition coefficient (Wildman–Crippen LogP) is 8.08. The van der Waals surface area contributed by atoms with E-state index in [2.05, 4.69) is 30.4 Å². The fraction of sp³-hybridized carbons (Fsp3) is 0.379. The van der Waals surface area contributed by atoms with Gasteiger partial charge in [-0.2, -0.15) is 0 Å². The third-order valence-electron chi connectivity index (χ3n) is 5.80. The van der Waals surface area contributed by atoms with E-state index in [0.717, 1.165) is 38.0 Å². The molecule has 34 heavy (non-hydrogen) atoms. The maximum Gasteiger partial charge on any atom is 0.167 e. The molecule has 0 saturated carbocycles. The van der Waals surface area contributed by atoms with Crippen LogP contribution in [0.5, 0.6) is 0 Å². The Balaban J connectivity index is 1.61. The van der Waals surface area contributed by atoms with Crippen LogP contribution in [-0.4, -0.2) is 22.7 Å². The number of halogens is 2. The molecular weight excluding hydrogens is 430 g/mol. The summed E-state index contributed by atoms with van der Waals surface area (Å²) in [5.41, 5.74) is 3.19. The van der Waals surface area contributed by atoms with E-state index in [1.54, 1.807) is 48.7 Å². The van der Waals surface area contributed by atoms with Gasteiger partial charge in [-0.15, -0.1) is 6.58 Å². The minimum absolute atomic E-state index is 0.211. The number of rotatable bonds is 13. The van der Waals surface area contributed by atoms with Crippen molar-refractivity contribution in [3.05, 3.63) is 78.2 Å². The SMILES string of the molecule is C=CCc1cnc2cc(-c3ccc(/C=C/CCCC(C)OCCCCC)c(F)c3F)ccc2n1. The fourth-order valence-electron chi connectivity index (χ4n) is 3.83. The molecule has 1 heterocycles. The van der Waals surface area contributed by atoms with Crippen molar-refractivity contribution in [2.75, 3.05) is 6.61 Å². The van der Waals surface area contributed by atoms with E-state index in [0.29, 0.717) is 23.0 Å². The molecule has 0 fully saturated rings. The lowest BCUT2D eigenvalue weighted by Gasteiger charge is -2.12. The van der Waals surface area contributed by atoms with E-state index in [1.165, 1.54) is 12.8 Å². The van der Waals surface area contributed by atoms with Gasteiger partial charge >= 0.3 is 0 Å². The molecule has 180 valence electrons. The molecule has 0 radical (unpaired) electrons. The summed E-state index contributed by atoms with van der Waals surface area (Å²) in [5.74, 6) is -1.69. The van der Waals surface area contributed by atoms with Crippen molar-refractivity contribution in [2.24, 2.45) is 0 Å². The van der Waals surface area contributed by atoms with Gasteiger partial charge in [-0.3, -0.25) is 4.98 Å². The Morgan fingerprint density at radius 2 is 1.91 bits per heavy atom. The molecule has 0 amide bonds. The highest BCUT2D eigenvalue weighted by atomic mass is 19.2. The van der Waals surface area contributed by atoms with E-state index in [9.17, 15) is 8.78 Å². The van der Waals surface area contributed by atoms with Crippen LogP contribution in [0.15, 0.2) is 55.3 Å². The van der Waals surface area contributed by atoms with Gasteiger partial charge in [-0.05, 0) is 50.3 Å². The Kier molecular flexibility index (Phi) is 9.89. The number of hydrogen-bond acceptors (Lipinski definition) is 3. The topological polar surface area (TPSA) is 35.0 Å². The maximum absolute atomic E-state index is 14.9. The zero-order valence-electron chi connectivity index (χ0n) is 20.2. The summed E-state index contributed by atoms with van der Waals surface area (Å²) < 4.78 is 35.4. The average Bonchev–Trinajstić information content (AvgIpc) is 2.84. The molecule has 0 spiro atoms. The summed E-state index contributed by atoms with van der Waals surface area (Å²) in [5, 5.41) is 0. The lowest BCUT2D eigenvalue weighted by molar-refractivity contribution is 0.0566. The van der Waals surface area contributed by atoms with Gasteiger partial charge in [0, 0.05) is 30.4 Å². The standard InChI is InChI=1S/C29H34F2N2O/c1-4-6-10-18-34-21(3)12-8-7-9-13-22-14-16-25(29(31)28(22)30)23-15-17-26-27(19-23)32-20-24(33-26)11-5-2/h5,9,13-17,19-21H,2,4,6-8,10-12,18H2,1,3H3/b13-9+. The van der Waals surface area contributed by atoms with Crippen molar-refractivity contribution in [3.8, 4) is 11.1 Å². The van der Waals surface area contributed by atoms with Crippen LogP contribution in [-0.2, 0) is 11.2 Å². The molecule has 3 rings (SSSR count). The molecule has 1 aromatic heterocycles.